The molecule has 3 heterocycles. The first kappa shape index (κ1) is 24.3. The second-order valence-electron chi connectivity index (χ2n) is 9.56. The molecule has 12 heteroatoms. The first-order valence-corrected chi connectivity index (χ1v) is 10.4. The normalized spacial score (nSPS) is 13.6. The van der Waals surface area contributed by atoms with Crippen LogP contribution in [0.5, 0.6) is 5.88 Å². The molecule has 0 radical (unpaired) electrons. The lowest BCUT2D eigenvalue weighted by atomic mass is 9.97. The number of carbonyl (C=O) groups excluding carboxylic acids is 2. The zero-order valence-electron chi connectivity index (χ0n) is 19.2. The predicted octanol–water partition coefficient (Wildman–Crippen LogP) is 1.65. The van der Waals surface area contributed by atoms with Gasteiger partial charge in [0.2, 0.25) is 5.88 Å². The lowest BCUT2D eigenvalue weighted by Crippen LogP contribution is -2.37. The van der Waals surface area contributed by atoms with Crippen molar-refractivity contribution in [2.24, 2.45) is 5.41 Å². The summed E-state index contributed by atoms with van der Waals surface area (Å²) in [4.78, 5) is 40.0. The number of hydrogen-bond acceptors (Lipinski definition) is 6. The van der Waals surface area contributed by atoms with Gasteiger partial charge in [0.15, 0.2) is 5.56 Å². The number of amides is 2. The summed E-state index contributed by atoms with van der Waals surface area (Å²) in [6.07, 6.45) is 3.09. The van der Waals surface area contributed by atoms with Crippen LogP contribution in [0, 0.1) is 5.41 Å². The molecule has 0 aliphatic heterocycles. The molecule has 1 fully saturated rings. The molecule has 2 amide bonds. The maximum absolute atomic E-state index is 13.3. The second-order valence-corrected chi connectivity index (χ2v) is 9.56. The zero-order chi connectivity index (χ0) is 23.4. The SMILES string of the molecule is CN(C)C(=O)c1cn[nH]c1-c1cc2n(CC(C)(C)C)c(=O)c(C(=O)NC3CC3)c(O)n2n1.Cl. The molecule has 3 N–H and O–H groups in total. The van der Waals surface area contributed by atoms with Crippen LogP contribution in [0.1, 0.15) is 54.3 Å². The topological polar surface area (TPSA) is 138 Å². The van der Waals surface area contributed by atoms with Gasteiger partial charge in [0, 0.05) is 32.7 Å². The number of aromatic amines is 1. The highest BCUT2D eigenvalue weighted by Gasteiger charge is 2.31. The molecular weight excluding hydrogens is 450 g/mol. The molecule has 1 aliphatic carbocycles. The third kappa shape index (κ3) is 4.58. The van der Waals surface area contributed by atoms with Crippen LogP contribution in [0.25, 0.3) is 17.0 Å². The van der Waals surface area contributed by atoms with Gasteiger partial charge < -0.3 is 15.3 Å². The summed E-state index contributed by atoms with van der Waals surface area (Å²) in [5.74, 6) is -1.44. The summed E-state index contributed by atoms with van der Waals surface area (Å²) in [6.45, 7) is 6.18. The van der Waals surface area contributed by atoms with Crippen LogP contribution >= 0.6 is 12.4 Å². The Kier molecular flexibility index (Phi) is 6.29. The van der Waals surface area contributed by atoms with E-state index in [4.69, 9.17) is 0 Å². The minimum Gasteiger partial charge on any atom is -0.492 e. The summed E-state index contributed by atoms with van der Waals surface area (Å²) in [5.41, 5.74) is 0.0276. The molecule has 3 aromatic heterocycles. The number of nitrogens with one attached hydrogen (secondary N) is 2. The van der Waals surface area contributed by atoms with Gasteiger partial charge in [-0.2, -0.15) is 14.7 Å². The van der Waals surface area contributed by atoms with E-state index < -0.39 is 17.3 Å². The van der Waals surface area contributed by atoms with Crippen LogP contribution in [0.15, 0.2) is 17.1 Å². The molecule has 1 saturated carbocycles. The monoisotopic (exact) mass is 477 g/mol. The molecule has 178 valence electrons. The summed E-state index contributed by atoms with van der Waals surface area (Å²) in [5, 5.41) is 24.8. The molecule has 0 spiro atoms. The highest BCUT2D eigenvalue weighted by Crippen LogP contribution is 2.27. The van der Waals surface area contributed by atoms with E-state index in [0.717, 1.165) is 17.4 Å². The number of hydrogen-bond donors (Lipinski definition) is 3. The van der Waals surface area contributed by atoms with Crippen molar-refractivity contribution in [2.45, 2.75) is 46.2 Å². The molecular formula is C21H28ClN7O4. The molecule has 11 nitrogen and oxygen atoms in total. The van der Waals surface area contributed by atoms with Crippen molar-refractivity contribution in [3.8, 4) is 17.3 Å². The number of aromatic hydroxyl groups is 1. The first-order chi connectivity index (χ1) is 15.0. The summed E-state index contributed by atoms with van der Waals surface area (Å²) in [6, 6.07) is 1.61. The minimum atomic E-state index is -0.623. The van der Waals surface area contributed by atoms with Crippen LogP contribution in [-0.4, -0.2) is 66.3 Å². The van der Waals surface area contributed by atoms with Crippen LogP contribution in [0.3, 0.4) is 0 Å². The van der Waals surface area contributed by atoms with E-state index in [1.54, 1.807) is 20.2 Å². The number of halogens is 1. The van der Waals surface area contributed by atoms with Gasteiger partial charge in [-0.25, -0.2) is 0 Å². The van der Waals surface area contributed by atoms with Gasteiger partial charge in [0.1, 0.15) is 11.3 Å². The summed E-state index contributed by atoms with van der Waals surface area (Å²) >= 11 is 0. The maximum Gasteiger partial charge on any atom is 0.270 e. The molecule has 4 rings (SSSR count). The second kappa shape index (κ2) is 8.54. The molecule has 0 saturated heterocycles. The lowest BCUT2D eigenvalue weighted by Gasteiger charge is -2.21. The predicted molar refractivity (Wildman–Crippen MR) is 124 cm³/mol. The number of nitrogens with zero attached hydrogens (tertiary/aromatic N) is 5. The van der Waals surface area contributed by atoms with Crippen molar-refractivity contribution in [1.82, 2.24) is 34.6 Å². The Morgan fingerprint density at radius 2 is 1.97 bits per heavy atom. The fourth-order valence-electron chi connectivity index (χ4n) is 3.48. The average molecular weight is 478 g/mol. The van der Waals surface area contributed by atoms with Crippen molar-refractivity contribution in [2.75, 3.05) is 14.1 Å². The molecule has 0 atom stereocenters. The van der Waals surface area contributed by atoms with Crippen LogP contribution in [-0.2, 0) is 6.54 Å². The van der Waals surface area contributed by atoms with E-state index in [1.807, 2.05) is 20.8 Å². The molecule has 0 bridgehead atoms. The largest absolute Gasteiger partial charge is 0.492 e. The Morgan fingerprint density at radius 3 is 2.55 bits per heavy atom. The summed E-state index contributed by atoms with van der Waals surface area (Å²) < 4.78 is 2.59. The van der Waals surface area contributed by atoms with Crippen LogP contribution in [0.2, 0.25) is 0 Å². The highest BCUT2D eigenvalue weighted by atomic mass is 35.5. The van der Waals surface area contributed by atoms with Crippen LogP contribution < -0.4 is 10.9 Å². The Bertz CT molecular complexity index is 1280. The quantitative estimate of drug-likeness (QED) is 0.511. The third-order valence-corrected chi connectivity index (χ3v) is 5.15. The Balaban J connectivity index is 0.00000306. The molecule has 0 unspecified atom stereocenters. The van der Waals surface area contributed by atoms with E-state index in [-0.39, 0.29) is 41.9 Å². The van der Waals surface area contributed by atoms with E-state index in [9.17, 15) is 19.5 Å². The van der Waals surface area contributed by atoms with Gasteiger partial charge in [-0.1, -0.05) is 20.8 Å². The standard InChI is InChI=1S/C21H27N7O4.ClH/c1-21(2,3)10-27-14-8-13(16-12(9-22-24-16)18(30)26(4)5)25-28(14)20(32)15(19(27)31)17(29)23-11-6-7-11;/h8-9,11,32H,6-7,10H2,1-5H3,(H,22,24)(H,23,29);1H. The Labute approximate surface area is 196 Å². The highest BCUT2D eigenvalue weighted by molar-refractivity contribution is 5.99. The minimum absolute atomic E-state index is 0. The fraction of sp³-hybridized carbons (Fsp3) is 0.476. The Hall–Kier alpha value is -3.34. The van der Waals surface area contributed by atoms with Gasteiger partial charge >= 0.3 is 0 Å². The van der Waals surface area contributed by atoms with E-state index in [0.29, 0.717) is 22.6 Å². The van der Waals surface area contributed by atoms with Gasteiger partial charge in [0.05, 0.1) is 17.5 Å². The van der Waals surface area contributed by atoms with Crippen molar-refractivity contribution in [1.29, 1.82) is 0 Å². The van der Waals surface area contributed by atoms with Crippen molar-refractivity contribution in [3.05, 3.63) is 33.7 Å². The van der Waals surface area contributed by atoms with Gasteiger partial charge in [0.25, 0.3) is 17.4 Å². The number of aromatic nitrogens is 5. The lowest BCUT2D eigenvalue weighted by molar-refractivity contribution is 0.0828. The number of rotatable bonds is 5. The van der Waals surface area contributed by atoms with Gasteiger partial charge in [-0.15, -0.1) is 12.4 Å². The van der Waals surface area contributed by atoms with Crippen molar-refractivity contribution < 1.29 is 14.7 Å². The van der Waals surface area contributed by atoms with E-state index >= 15 is 0 Å². The van der Waals surface area contributed by atoms with Crippen molar-refractivity contribution >= 4 is 29.9 Å². The van der Waals surface area contributed by atoms with Crippen LogP contribution in [0.4, 0.5) is 0 Å². The molecule has 1 aliphatic rings. The first-order valence-electron chi connectivity index (χ1n) is 10.4. The fourth-order valence-corrected chi connectivity index (χ4v) is 3.48. The van der Waals surface area contributed by atoms with E-state index in [2.05, 4.69) is 20.6 Å². The average Bonchev–Trinajstić information content (AvgIpc) is 3.20. The number of carbonyl (C=O) groups is 2. The number of H-pyrrole nitrogens is 1. The molecule has 3 aromatic rings. The van der Waals surface area contributed by atoms with E-state index in [1.165, 1.54) is 15.7 Å². The smallest absolute Gasteiger partial charge is 0.270 e. The maximum atomic E-state index is 13.3. The molecule has 0 aromatic carbocycles. The Morgan fingerprint density at radius 1 is 1.30 bits per heavy atom. The van der Waals surface area contributed by atoms with Crippen molar-refractivity contribution in [3.63, 3.8) is 0 Å². The van der Waals surface area contributed by atoms with Gasteiger partial charge in [-0.3, -0.25) is 24.0 Å². The molecule has 33 heavy (non-hydrogen) atoms. The third-order valence-electron chi connectivity index (χ3n) is 5.15. The zero-order valence-corrected chi connectivity index (χ0v) is 20.0. The summed E-state index contributed by atoms with van der Waals surface area (Å²) in [7, 11) is 3.25. The number of fused-ring (bicyclic) bond motifs is 1. The van der Waals surface area contributed by atoms with Gasteiger partial charge in [-0.05, 0) is 18.3 Å².